The number of carboxylic acids is 2. The molecule has 0 saturated carbocycles. The van der Waals surface area contributed by atoms with E-state index in [9.17, 15) is 29.4 Å². The first kappa shape index (κ1) is 20.2. The van der Waals surface area contributed by atoms with Crippen molar-refractivity contribution in [1.82, 2.24) is 10.2 Å². The smallest absolute Gasteiger partial charge is 0.359 e. The number of carbonyl (C=O) groups is 4. The molecule has 2 amide bonds. The van der Waals surface area contributed by atoms with E-state index < -0.39 is 45.6 Å². The number of fused-ring (bicyclic) bond motifs is 1. The molecular weight excluding hydrogens is 388 g/mol. The van der Waals surface area contributed by atoms with Gasteiger partial charge in [-0.1, -0.05) is 18.2 Å². The van der Waals surface area contributed by atoms with E-state index in [1.807, 2.05) is 0 Å². The Labute approximate surface area is 165 Å². The fraction of sp³-hybridized carbons (Fsp3) is 0.444. The second kappa shape index (κ2) is 6.78. The molecule has 150 valence electrons. The molecular formula is C18H20N2O7S. The van der Waals surface area contributed by atoms with Crippen LogP contribution in [0.15, 0.2) is 24.3 Å². The molecule has 10 heteroatoms. The van der Waals surface area contributed by atoms with Crippen molar-refractivity contribution in [2.45, 2.75) is 42.2 Å². The molecule has 1 aromatic carbocycles. The molecule has 0 aliphatic carbocycles. The molecule has 0 radical (unpaired) electrons. The first-order valence-electron chi connectivity index (χ1n) is 8.47. The molecule has 1 aromatic rings. The minimum absolute atomic E-state index is 0.0138. The minimum atomic E-state index is -1.82. The first-order valence-corrected chi connectivity index (χ1v) is 9.35. The number of benzene rings is 1. The van der Waals surface area contributed by atoms with Crippen LogP contribution in [0.5, 0.6) is 0 Å². The van der Waals surface area contributed by atoms with Crippen molar-refractivity contribution in [3.63, 3.8) is 0 Å². The lowest BCUT2D eigenvalue weighted by molar-refractivity contribution is -0.211. The van der Waals surface area contributed by atoms with Crippen LogP contribution in [0.3, 0.4) is 0 Å². The number of thioether (sulfide) groups is 1. The zero-order chi connectivity index (χ0) is 20.9. The number of nitrogens with zero attached hydrogens (tertiary/aromatic N) is 1. The summed E-state index contributed by atoms with van der Waals surface area (Å²) in [7, 11) is 1.24. The maximum atomic E-state index is 12.6. The molecule has 2 fully saturated rings. The van der Waals surface area contributed by atoms with E-state index in [4.69, 9.17) is 4.74 Å². The van der Waals surface area contributed by atoms with Gasteiger partial charge in [-0.3, -0.25) is 14.5 Å². The van der Waals surface area contributed by atoms with Crippen LogP contribution in [0, 0.1) is 0 Å². The molecule has 0 spiro atoms. The highest BCUT2D eigenvalue weighted by molar-refractivity contribution is 8.01. The van der Waals surface area contributed by atoms with E-state index in [0.29, 0.717) is 5.56 Å². The van der Waals surface area contributed by atoms with E-state index in [2.05, 4.69) is 5.32 Å². The average Bonchev–Trinajstić information content (AvgIpc) is 2.84. The van der Waals surface area contributed by atoms with Crippen molar-refractivity contribution in [2.24, 2.45) is 0 Å². The van der Waals surface area contributed by atoms with Crippen molar-refractivity contribution in [3.8, 4) is 0 Å². The van der Waals surface area contributed by atoms with Gasteiger partial charge < -0.3 is 20.3 Å². The second-order valence-corrected chi connectivity index (χ2v) is 8.80. The number of β-lactam (4-membered cyclic amide) rings is 1. The van der Waals surface area contributed by atoms with Crippen LogP contribution in [0.1, 0.15) is 29.8 Å². The van der Waals surface area contributed by atoms with Crippen molar-refractivity contribution < 1.29 is 34.1 Å². The molecule has 0 bridgehead atoms. The summed E-state index contributed by atoms with van der Waals surface area (Å²) >= 11 is 1.24. The van der Waals surface area contributed by atoms with Crippen molar-refractivity contribution >= 4 is 35.5 Å². The Bertz CT molecular complexity index is 871. The van der Waals surface area contributed by atoms with Crippen LogP contribution >= 0.6 is 11.8 Å². The predicted octanol–water partition coefficient (Wildman–Crippen LogP) is 0.533. The Balaban J connectivity index is 1.76. The van der Waals surface area contributed by atoms with Gasteiger partial charge in [0.2, 0.25) is 5.91 Å². The quantitative estimate of drug-likeness (QED) is 0.581. The third-order valence-electron chi connectivity index (χ3n) is 5.11. The third-order valence-corrected chi connectivity index (χ3v) is 6.70. The molecule has 3 N–H and O–H groups in total. The number of ether oxygens (including phenoxy) is 1. The van der Waals surface area contributed by atoms with Crippen LogP contribution < -0.4 is 5.32 Å². The summed E-state index contributed by atoms with van der Waals surface area (Å²) < 4.78 is 4.34. The predicted molar refractivity (Wildman–Crippen MR) is 98.7 cm³/mol. The van der Waals surface area contributed by atoms with Crippen LogP contribution in [-0.4, -0.2) is 67.9 Å². The van der Waals surface area contributed by atoms with Crippen LogP contribution in [0.4, 0.5) is 0 Å². The molecule has 3 rings (SSSR count). The van der Waals surface area contributed by atoms with E-state index >= 15 is 0 Å². The van der Waals surface area contributed by atoms with Gasteiger partial charge in [-0.05, 0) is 25.5 Å². The molecule has 0 aromatic heterocycles. The summed E-state index contributed by atoms with van der Waals surface area (Å²) in [4.78, 5) is 49.4. The topological polar surface area (TPSA) is 133 Å². The van der Waals surface area contributed by atoms with Gasteiger partial charge in [0.1, 0.15) is 11.4 Å². The number of amides is 2. The average molecular weight is 408 g/mol. The molecule has 2 saturated heterocycles. The van der Waals surface area contributed by atoms with E-state index in [1.165, 1.54) is 31.0 Å². The number of nitrogens with one attached hydrogen (secondary N) is 1. The van der Waals surface area contributed by atoms with Gasteiger partial charge in [0.05, 0.1) is 16.7 Å². The van der Waals surface area contributed by atoms with Gasteiger partial charge >= 0.3 is 11.9 Å². The Hall–Kier alpha value is -2.59. The normalized spacial score (nSPS) is 27.7. The second-order valence-electron chi connectivity index (χ2n) is 7.06. The van der Waals surface area contributed by atoms with Gasteiger partial charge in [0, 0.05) is 7.11 Å². The standard InChI is InChI=1S/C18H20N2O7S/c1-17(2)18(27-3,16(25)26)20-13(22)12(14(20)28-17)19-11(21)8-9-6-4-5-7-10(9)15(23)24/h4-7,12,14H,8H2,1-3H3,(H,19,21)(H,23,24)(H,25,26)/t12-,14+,18+/m0/s1. The van der Waals surface area contributed by atoms with E-state index in [-0.39, 0.29) is 12.0 Å². The van der Waals surface area contributed by atoms with E-state index in [0.717, 1.165) is 4.90 Å². The minimum Gasteiger partial charge on any atom is -0.478 e. The number of carbonyl (C=O) groups excluding carboxylic acids is 2. The number of hydrogen-bond donors (Lipinski definition) is 3. The summed E-state index contributed by atoms with van der Waals surface area (Å²) in [6.07, 6.45) is -0.207. The molecule has 0 unspecified atom stereocenters. The van der Waals surface area contributed by atoms with E-state index in [1.54, 1.807) is 26.0 Å². The number of aliphatic carboxylic acids is 1. The zero-order valence-electron chi connectivity index (χ0n) is 15.5. The molecule has 3 atom stereocenters. The Kier molecular flexibility index (Phi) is 4.88. The maximum Gasteiger partial charge on any atom is 0.359 e. The number of methoxy groups -OCH3 is 1. The fourth-order valence-corrected chi connectivity index (χ4v) is 5.51. The highest BCUT2D eigenvalue weighted by Gasteiger charge is 2.74. The van der Waals surface area contributed by atoms with Gasteiger partial charge in [0.25, 0.3) is 11.6 Å². The van der Waals surface area contributed by atoms with Crippen molar-refractivity contribution in [2.75, 3.05) is 7.11 Å². The SMILES string of the molecule is CO[C@@]1(C(=O)O)N2C(=O)[C@H](NC(=O)Cc3ccccc3C(=O)O)[C@H]2SC1(C)C. The lowest BCUT2D eigenvalue weighted by Crippen LogP contribution is -2.76. The largest absolute Gasteiger partial charge is 0.478 e. The first-order chi connectivity index (χ1) is 13.1. The fourth-order valence-electron chi connectivity index (χ4n) is 3.80. The molecule has 28 heavy (non-hydrogen) atoms. The number of rotatable bonds is 6. The Morgan fingerprint density at radius 1 is 1.25 bits per heavy atom. The summed E-state index contributed by atoms with van der Waals surface area (Å²) in [6.45, 7) is 3.34. The van der Waals surface area contributed by atoms with Crippen LogP contribution in [0.25, 0.3) is 0 Å². The van der Waals surface area contributed by atoms with Crippen LogP contribution in [-0.2, 0) is 25.5 Å². The molecule has 2 aliphatic rings. The van der Waals surface area contributed by atoms with Crippen molar-refractivity contribution in [1.29, 1.82) is 0 Å². The third kappa shape index (κ3) is 2.75. The molecule has 2 heterocycles. The Morgan fingerprint density at radius 3 is 2.46 bits per heavy atom. The summed E-state index contributed by atoms with van der Waals surface area (Å²) in [5.41, 5.74) is -1.48. The molecule has 2 aliphatic heterocycles. The van der Waals surface area contributed by atoms with Crippen molar-refractivity contribution in [3.05, 3.63) is 35.4 Å². The van der Waals surface area contributed by atoms with Crippen LogP contribution in [0.2, 0.25) is 0 Å². The van der Waals surface area contributed by atoms with Gasteiger partial charge in [-0.2, -0.15) is 0 Å². The monoisotopic (exact) mass is 408 g/mol. The summed E-state index contributed by atoms with van der Waals surface area (Å²) in [6, 6.07) is 5.22. The zero-order valence-corrected chi connectivity index (χ0v) is 16.3. The Morgan fingerprint density at radius 2 is 1.89 bits per heavy atom. The number of hydrogen-bond acceptors (Lipinski definition) is 6. The highest BCUT2D eigenvalue weighted by Crippen LogP contribution is 2.57. The number of carboxylic acid groups (broad SMARTS) is 2. The van der Waals surface area contributed by atoms with Gasteiger partial charge in [0.15, 0.2) is 0 Å². The van der Waals surface area contributed by atoms with Gasteiger partial charge in [-0.25, -0.2) is 9.59 Å². The summed E-state index contributed by atoms with van der Waals surface area (Å²) in [5.74, 6) is -3.49. The lowest BCUT2D eigenvalue weighted by Gasteiger charge is -2.48. The van der Waals surface area contributed by atoms with Gasteiger partial charge in [-0.15, -0.1) is 11.8 Å². The maximum absolute atomic E-state index is 12.6. The number of aromatic carboxylic acids is 1. The summed E-state index contributed by atoms with van der Waals surface area (Å²) in [5, 5.41) is 20.9. The molecule has 9 nitrogen and oxygen atoms in total. The lowest BCUT2D eigenvalue weighted by atomic mass is 9.91. The highest BCUT2D eigenvalue weighted by atomic mass is 32.2.